The minimum absolute atomic E-state index is 0.636. The zero-order valence-electron chi connectivity index (χ0n) is 13.7. The molecule has 1 N–H and O–H groups in total. The van der Waals surface area contributed by atoms with Crippen LogP contribution in [0.3, 0.4) is 0 Å². The van der Waals surface area contributed by atoms with Gasteiger partial charge in [-0.2, -0.15) is 0 Å². The van der Waals surface area contributed by atoms with Gasteiger partial charge in [0.1, 0.15) is 0 Å². The largest absolute Gasteiger partial charge is 0.380 e. The highest BCUT2D eigenvalue weighted by Gasteiger charge is 2.29. The Morgan fingerprint density at radius 1 is 0.950 bits per heavy atom. The summed E-state index contributed by atoms with van der Waals surface area (Å²) >= 11 is 0. The summed E-state index contributed by atoms with van der Waals surface area (Å²) in [5.41, 5.74) is 0. The molecule has 0 aromatic heterocycles. The Morgan fingerprint density at radius 2 is 1.55 bits per heavy atom. The molecule has 0 aromatic carbocycles. The third-order valence-corrected chi connectivity index (χ3v) is 4.12. The molecule has 1 aliphatic carbocycles. The maximum absolute atomic E-state index is 5.55. The molecule has 2 atom stereocenters. The Hall–Kier alpha value is -0.160. The highest BCUT2D eigenvalue weighted by Crippen LogP contribution is 2.23. The maximum atomic E-state index is 5.55. The van der Waals surface area contributed by atoms with E-state index in [9.17, 15) is 0 Å². The Kier molecular flexibility index (Phi) is 10.3. The fourth-order valence-electron chi connectivity index (χ4n) is 3.14. The molecule has 2 unspecified atom stereocenters. The summed E-state index contributed by atoms with van der Waals surface area (Å²) in [6.45, 7) is 12.7. The summed E-state index contributed by atoms with van der Waals surface area (Å²) in [5.74, 6) is 0. The van der Waals surface area contributed by atoms with Gasteiger partial charge in [-0.25, -0.2) is 0 Å². The van der Waals surface area contributed by atoms with Gasteiger partial charge in [-0.3, -0.25) is 4.90 Å². The molecule has 0 heterocycles. The van der Waals surface area contributed by atoms with Gasteiger partial charge in [-0.15, -0.1) is 0 Å². The molecule has 1 fully saturated rings. The lowest BCUT2D eigenvalue weighted by atomic mass is 9.89. The molecule has 0 amide bonds. The van der Waals surface area contributed by atoms with Crippen LogP contribution in [0.25, 0.3) is 0 Å². The van der Waals surface area contributed by atoms with Crippen LogP contribution in [-0.4, -0.2) is 63.0 Å². The van der Waals surface area contributed by atoms with E-state index in [1.54, 1.807) is 0 Å². The van der Waals surface area contributed by atoms with E-state index >= 15 is 0 Å². The molecule has 0 spiro atoms. The minimum atomic E-state index is 0.636. The monoisotopic (exact) mass is 286 g/mol. The van der Waals surface area contributed by atoms with Crippen LogP contribution >= 0.6 is 0 Å². The number of nitrogens with zero attached hydrogens (tertiary/aromatic N) is 1. The van der Waals surface area contributed by atoms with Gasteiger partial charge in [0.15, 0.2) is 0 Å². The zero-order chi connectivity index (χ0) is 14.6. The second-order valence-electron chi connectivity index (χ2n) is 5.45. The van der Waals surface area contributed by atoms with Crippen molar-refractivity contribution in [3.05, 3.63) is 0 Å². The lowest BCUT2D eigenvalue weighted by molar-refractivity contribution is 0.0423. The molecule has 1 rings (SSSR count). The summed E-state index contributed by atoms with van der Waals surface area (Å²) in [5, 5.41) is 3.67. The number of likely N-dealkylation sites (N-methyl/N-ethyl adjacent to an activating group) is 1. The van der Waals surface area contributed by atoms with Crippen molar-refractivity contribution >= 4 is 0 Å². The first-order valence-electron chi connectivity index (χ1n) is 8.46. The predicted octanol–water partition coefficient (Wildman–Crippen LogP) is 2.28. The number of rotatable bonds is 11. The van der Waals surface area contributed by atoms with Crippen LogP contribution in [0.5, 0.6) is 0 Å². The third-order valence-electron chi connectivity index (χ3n) is 4.12. The van der Waals surface area contributed by atoms with Crippen molar-refractivity contribution in [2.45, 2.75) is 58.5 Å². The van der Waals surface area contributed by atoms with Gasteiger partial charge < -0.3 is 14.8 Å². The molecular weight excluding hydrogens is 252 g/mol. The number of hydrogen-bond acceptors (Lipinski definition) is 4. The maximum Gasteiger partial charge on any atom is 0.0593 e. The van der Waals surface area contributed by atoms with Gasteiger partial charge in [0.05, 0.1) is 13.2 Å². The van der Waals surface area contributed by atoms with Crippen LogP contribution in [-0.2, 0) is 9.47 Å². The highest BCUT2D eigenvalue weighted by atomic mass is 16.5. The quantitative estimate of drug-likeness (QED) is 0.591. The van der Waals surface area contributed by atoms with E-state index in [1.165, 1.54) is 25.7 Å². The number of hydrogen-bond donors (Lipinski definition) is 1. The molecule has 1 saturated carbocycles. The van der Waals surface area contributed by atoms with Gasteiger partial charge in [0.2, 0.25) is 0 Å². The molecular formula is C16H34N2O2. The third kappa shape index (κ3) is 6.53. The first kappa shape index (κ1) is 17.9. The average Bonchev–Trinajstić information content (AvgIpc) is 2.47. The van der Waals surface area contributed by atoms with E-state index < -0.39 is 0 Å². The van der Waals surface area contributed by atoms with E-state index in [4.69, 9.17) is 9.47 Å². The van der Waals surface area contributed by atoms with Gasteiger partial charge in [0.25, 0.3) is 0 Å². The van der Waals surface area contributed by atoms with Crippen molar-refractivity contribution in [1.82, 2.24) is 10.2 Å². The van der Waals surface area contributed by atoms with Crippen molar-refractivity contribution < 1.29 is 9.47 Å². The van der Waals surface area contributed by atoms with Gasteiger partial charge in [-0.05, 0) is 33.2 Å². The van der Waals surface area contributed by atoms with Crippen molar-refractivity contribution in [3.8, 4) is 0 Å². The zero-order valence-corrected chi connectivity index (χ0v) is 13.7. The summed E-state index contributed by atoms with van der Waals surface area (Å²) in [6, 6.07) is 1.28. The van der Waals surface area contributed by atoms with Crippen LogP contribution in [0, 0.1) is 0 Å². The topological polar surface area (TPSA) is 33.7 Å². The lowest BCUT2D eigenvalue weighted by Gasteiger charge is -2.40. The number of nitrogens with one attached hydrogen (secondary N) is 1. The van der Waals surface area contributed by atoms with Crippen molar-refractivity contribution in [2.24, 2.45) is 0 Å². The van der Waals surface area contributed by atoms with E-state index in [0.29, 0.717) is 12.1 Å². The van der Waals surface area contributed by atoms with Crippen LogP contribution in [0.1, 0.15) is 46.5 Å². The smallest absolute Gasteiger partial charge is 0.0593 e. The van der Waals surface area contributed by atoms with E-state index in [0.717, 1.165) is 46.1 Å². The normalized spacial score (nSPS) is 23.4. The average molecular weight is 286 g/mol. The van der Waals surface area contributed by atoms with Gasteiger partial charge in [0, 0.05) is 38.4 Å². The summed E-state index contributed by atoms with van der Waals surface area (Å²) in [6.07, 6.45) is 5.32. The lowest BCUT2D eigenvalue weighted by Crippen LogP contribution is -2.53. The fraction of sp³-hybridized carbons (Fsp3) is 1.00. The van der Waals surface area contributed by atoms with E-state index in [-0.39, 0.29) is 0 Å². The van der Waals surface area contributed by atoms with E-state index in [2.05, 4.69) is 31.0 Å². The summed E-state index contributed by atoms with van der Waals surface area (Å²) < 4.78 is 11.1. The molecule has 0 bridgehead atoms. The fourth-order valence-corrected chi connectivity index (χ4v) is 3.14. The van der Waals surface area contributed by atoms with Gasteiger partial charge >= 0.3 is 0 Å². The second kappa shape index (κ2) is 11.5. The molecule has 4 heteroatoms. The second-order valence-corrected chi connectivity index (χ2v) is 5.45. The van der Waals surface area contributed by atoms with Gasteiger partial charge in [-0.1, -0.05) is 19.8 Å². The molecule has 20 heavy (non-hydrogen) atoms. The Bertz CT molecular complexity index is 215. The summed E-state index contributed by atoms with van der Waals surface area (Å²) in [4.78, 5) is 2.58. The molecule has 0 radical (unpaired) electrons. The standard InChI is InChI=1S/C16H34N2O2/c1-4-17-15-9-7-8-10-16(15)18(11-13-19-5-2)12-14-20-6-3/h15-17H,4-14H2,1-3H3. The highest BCUT2D eigenvalue weighted by molar-refractivity contribution is 4.88. The molecule has 0 aliphatic heterocycles. The van der Waals surface area contributed by atoms with Crippen molar-refractivity contribution in [2.75, 3.05) is 46.1 Å². The first-order valence-corrected chi connectivity index (χ1v) is 8.46. The van der Waals surface area contributed by atoms with Crippen LogP contribution in [0.2, 0.25) is 0 Å². The van der Waals surface area contributed by atoms with Crippen LogP contribution in [0.4, 0.5) is 0 Å². The molecule has 120 valence electrons. The predicted molar refractivity (Wildman–Crippen MR) is 84.3 cm³/mol. The molecule has 0 saturated heterocycles. The molecule has 4 nitrogen and oxygen atoms in total. The van der Waals surface area contributed by atoms with Crippen molar-refractivity contribution in [3.63, 3.8) is 0 Å². The van der Waals surface area contributed by atoms with Crippen LogP contribution in [0.15, 0.2) is 0 Å². The Balaban J connectivity index is 2.51. The molecule has 1 aliphatic rings. The number of ether oxygens (including phenoxy) is 2. The Labute approximate surface area is 125 Å². The van der Waals surface area contributed by atoms with Crippen LogP contribution < -0.4 is 5.32 Å². The SMILES string of the molecule is CCNC1CCCCC1N(CCOCC)CCOCC. The van der Waals surface area contributed by atoms with Crippen molar-refractivity contribution in [1.29, 1.82) is 0 Å². The Morgan fingerprint density at radius 3 is 2.10 bits per heavy atom. The van der Waals surface area contributed by atoms with E-state index in [1.807, 2.05) is 0 Å². The minimum Gasteiger partial charge on any atom is -0.380 e. The first-order chi connectivity index (χ1) is 9.83. The summed E-state index contributed by atoms with van der Waals surface area (Å²) in [7, 11) is 0. The molecule has 0 aromatic rings.